The molecule has 1 saturated carbocycles. The second-order valence-corrected chi connectivity index (χ2v) is 4.85. The first-order valence-electron chi connectivity index (χ1n) is 4.75. The molecular weight excluding hydrogens is 240 g/mol. The van der Waals surface area contributed by atoms with Gasteiger partial charge in [-0.25, -0.2) is 0 Å². The molecule has 0 aliphatic heterocycles. The highest BCUT2D eigenvalue weighted by atomic mass is 79.9. The summed E-state index contributed by atoms with van der Waals surface area (Å²) in [5.41, 5.74) is 1.06. The zero-order valence-electron chi connectivity index (χ0n) is 7.83. The van der Waals surface area contributed by atoms with Crippen LogP contribution < -0.4 is 0 Å². The number of hydrogen-bond acceptors (Lipinski definition) is 2. The lowest BCUT2D eigenvalue weighted by atomic mass is 9.67. The largest absolute Gasteiger partial charge is 0.263 e. The van der Waals surface area contributed by atoms with E-state index in [4.69, 9.17) is 5.26 Å². The highest BCUT2D eigenvalue weighted by Crippen LogP contribution is 2.43. The topological polar surface area (TPSA) is 36.7 Å². The normalized spacial score (nSPS) is 18.3. The van der Waals surface area contributed by atoms with Crippen molar-refractivity contribution < 1.29 is 0 Å². The van der Waals surface area contributed by atoms with Crippen molar-refractivity contribution in [2.75, 3.05) is 0 Å². The zero-order valence-corrected chi connectivity index (χ0v) is 9.42. The summed E-state index contributed by atoms with van der Waals surface area (Å²) >= 11 is 3.39. The standard InChI is InChI=1S/C11H11BrN2/c12-10-4-9(6-14-7-10)5-11(8-13)2-1-3-11/h4,6-7H,1-3,5H2. The molecule has 3 heteroatoms. The predicted molar refractivity (Wildman–Crippen MR) is 57.5 cm³/mol. The first-order chi connectivity index (χ1) is 6.74. The van der Waals surface area contributed by atoms with Gasteiger partial charge >= 0.3 is 0 Å². The molecule has 0 bridgehead atoms. The predicted octanol–water partition coefficient (Wildman–Crippen LogP) is 3.08. The number of nitrogens with zero attached hydrogens (tertiary/aromatic N) is 2. The number of nitriles is 1. The SMILES string of the molecule is N#CC1(Cc2cncc(Br)c2)CCC1. The summed E-state index contributed by atoms with van der Waals surface area (Å²) in [7, 11) is 0. The minimum atomic E-state index is -0.0948. The van der Waals surface area contributed by atoms with Crippen LogP contribution in [0.3, 0.4) is 0 Å². The Balaban J connectivity index is 2.14. The number of aromatic nitrogens is 1. The van der Waals surface area contributed by atoms with Crippen molar-refractivity contribution in [3.05, 3.63) is 28.5 Å². The van der Waals surface area contributed by atoms with Crippen LogP contribution in [0.15, 0.2) is 22.9 Å². The average Bonchev–Trinajstić information content (AvgIpc) is 2.11. The maximum Gasteiger partial charge on any atom is 0.0693 e. The second-order valence-electron chi connectivity index (χ2n) is 3.93. The molecule has 1 aromatic rings. The summed E-state index contributed by atoms with van der Waals surface area (Å²) in [4.78, 5) is 4.10. The Labute approximate surface area is 92.1 Å². The van der Waals surface area contributed by atoms with Crippen molar-refractivity contribution in [2.45, 2.75) is 25.7 Å². The fourth-order valence-electron chi connectivity index (χ4n) is 1.87. The Morgan fingerprint density at radius 1 is 1.50 bits per heavy atom. The first kappa shape index (κ1) is 9.67. The van der Waals surface area contributed by atoms with Gasteiger partial charge in [-0.2, -0.15) is 5.26 Å². The van der Waals surface area contributed by atoms with Gasteiger partial charge in [0.2, 0.25) is 0 Å². The van der Waals surface area contributed by atoms with Gasteiger partial charge in [0.15, 0.2) is 0 Å². The van der Waals surface area contributed by atoms with Gasteiger partial charge in [-0.05, 0) is 46.8 Å². The molecule has 1 heterocycles. The molecule has 1 aliphatic carbocycles. The maximum absolute atomic E-state index is 9.09. The quantitative estimate of drug-likeness (QED) is 0.809. The highest BCUT2D eigenvalue weighted by molar-refractivity contribution is 9.10. The van der Waals surface area contributed by atoms with Crippen molar-refractivity contribution >= 4 is 15.9 Å². The molecule has 0 saturated heterocycles. The van der Waals surface area contributed by atoms with E-state index in [0.29, 0.717) is 0 Å². The third kappa shape index (κ3) is 1.80. The molecule has 0 radical (unpaired) electrons. The van der Waals surface area contributed by atoms with Crippen LogP contribution in [-0.2, 0) is 6.42 Å². The van der Waals surface area contributed by atoms with Gasteiger partial charge < -0.3 is 0 Å². The van der Waals surface area contributed by atoms with Crippen LogP contribution in [0.1, 0.15) is 24.8 Å². The van der Waals surface area contributed by atoms with Gasteiger partial charge in [0.25, 0.3) is 0 Å². The molecule has 1 fully saturated rings. The molecule has 2 nitrogen and oxygen atoms in total. The monoisotopic (exact) mass is 250 g/mol. The third-order valence-electron chi connectivity index (χ3n) is 2.85. The molecule has 0 spiro atoms. The van der Waals surface area contributed by atoms with Crippen molar-refractivity contribution in [3.63, 3.8) is 0 Å². The Bertz CT molecular complexity index is 377. The van der Waals surface area contributed by atoms with E-state index in [2.05, 4.69) is 27.0 Å². The van der Waals surface area contributed by atoms with E-state index in [1.54, 1.807) is 6.20 Å². The van der Waals surface area contributed by atoms with Crippen LogP contribution >= 0.6 is 15.9 Å². The van der Waals surface area contributed by atoms with E-state index in [-0.39, 0.29) is 5.41 Å². The van der Waals surface area contributed by atoms with Gasteiger partial charge in [-0.3, -0.25) is 4.98 Å². The minimum absolute atomic E-state index is 0.0948. The summed E-state index contributed by atoms with van der Waals surface area (Å²) < 4.78 is 0.988. The second kappa shape index (κ2) is 3.70. The Kier molecular flexibility index (Phi) is 2.56. The summed E-state index contributed by atoms with van der Waals surface area (Å²) in [5, 5.41) is 9.09. The molecule has 72 valence electrons. The van der Waals surface area contributed by atoms with E-state index in [0.717, 1.165) is 29.3 Å². The molecule has 14 heavy (non-hydrogen) atoms. The van der Waals surface area contributed by atoms with Crippen molar-refractivity contribution in [2.24, 2.45) is 5.41 Å². The van der Waals surface area contributed by atoms with Gasteiger partial charge in [-0.15, -0.1) is 0 Å². The molecule has 0 amide bonds. The van der Waals surface area contributed by atoms with Crippen molar-refractivity contribution in [3.8, 4) is 6.07 Å². The lowest BCUT2D eigenvalue weighted by molar-refractivity contribution is 0.214. The average molecular weight is 251 g/mol. The molecule has 0 unspecified atom stereocenters. The maximum atomic E-state index is 9.09. The van der Waals surface area contributed by atoms with Gasteiger partial charge in [-0.1, -0.05) is 6.42 Å². The van der Waals surface area contributed by atoms with E-state index in [1.807, 2.05) is 12.3 Å². The Morgan fingerprint density at radius 2 is 2.29 bits per heavy atom. The third-order valence-corrected chi connectivity index (χ3v) is 3.29. The summed E-state index contributed by atoms with van der Waals surface area (Å²) in [6.07, 6.45) is 7.72. The number of rotatable bonds is 2. The smallest absolute Gasteiger partial charge is 0.0693 e. The number of hydrogen-bond donors (Lipinski definition) is 0. The summed E-state index contributed by atoms with van der Waals surface area (Å²) in [5.74, 6) is 0. The zero-order chi connectivity index (χ0) is 10.0. The van der Waals surface area contributed by atoms with Crippen LogP contribution in [0.5, 0.6) is 0 Å². The molecule has 2 rings (SSSR count). The molecule has 1 aromatic heterocycles. The number of pyridine rings is 1. The van der Waals surface area contributed by atoms with Gasteiger partial charge in [0.05, 0.1) is 11.5 Å². The Morgan fingerprint density at radius 3 is 2.79 bits per heavy atom. The van der Waals surface area contributed by atoms with Crippen LogP contribution in [0, 0.1) is 16.7 Å². The van der Waals surface area contributed by atoms with Crippen LogP contribution in [0.4, 0.5) is 0 Å². The highest BCUT2D eigenvalue weighted by Gasteiger charge is 2.37. The molecule has 0 aromatic carbocycles. The molecule has 0 atom stereocenters. The molecule has 0 N–H and O–H groups in total. The van der Waals surface area contributed by atoms with Gasteiger partial charge in [0, 0.05) is 16.9 Å². The van der Waals surface area contributed by atoms with E-state index in [9.17, 15) is 0 Å². The van der Waals surface area contributed by atoms with Crippen LogP contribution in [-0.4, -0.2) is 4.98 Å². The summed E-state index contributed by atoms with van der Waals surface area (Å²) in [6.45, 7) is 0. The van der Waals surface area contributed by atoms with E-state index in [1.165, 1.54) is 6.42 Å². The lowest BCUT2D eigenvalue weighted by Crippen LogP contribution is -2.29. The van der Waals surface area contributed by atoms with Gasteiger partial charge in [0.1, 0.15) is 0 Å². The van der Waals surface area contributed by atoms with E-state index < -0.39 is 0 Å². The first-order valence-corrected chi connectivity index (χ1v) is 5.54. The summed E-state index contributed by atoms with van der Waals surface area (Å²) in [6, 6.07) is 4.49. The van der Waals surface area contributed by atoms with Crippen LogP contribution in [0.25, 0.3) is 0 Å². The molecular formula is C11H11BrN2. The lowest BCUT2D eigenvalue weighted by Gasteiger charge is -2.35. The van der Waals surface area contributed by atoms with E-state index >= 15 is 0 Å². The fourth-order valence-corrected chi connectivity index (χ4v) is 2.29. The van der Waals surface area contributed by atoms with Crippen molar-refractivity contribution in [1.82, 2.24) is 4.98 Å². The van der Waals surface area contributed by atoms with Crippen molar-refractivity contribution in [1.29, 1.82) is 5.26 Å². The Hall–Kier alpha value is -0.880. The van der Waals surface area contributed by atoms with Crippen LogP contribution in [0.2, 0.25) is 0 Å². The fraction of sp³-hybridized carbons (Fsp3) is 0.455. The molecule has 1 aliphatic rings. The minimum Gasteiger partial charge on any atom is -0.263 e. The number of halogens is 1.